The fourth-order valence-electron chi connectivity index (χ4n) is 2.62. The summed E-state index contributed by atoms with van der Waals surface area (Å²) in [6.45, 7) is 1.20. The van der Waals surface area contributed by atoms with Crippen LogP contribution < -0.4 is 10.0 Å². The molecular weight excluding hydrogens is 340 g/mol. The summed E-state index contributed by atoms with van der Waals surface area (Å²) in [5, 5.41) is 2.81. The van der Waals surface area contributed by atoms with Crippen LogP contribution in [0.15, 0.2) is 59.5 Å². The highest BCUT2D eigenvalue weighted by atomic mass is 32.2. The van der Waals surface area contributed by atoms with Crippen LogP contribution >= 0.6 is 0 Å². The summed E-state index contributed by atoms with van der Waals surface area (Å²) in [6, 6.07) is 14.5. The maximum atomic E-state index is 12.4. The van der Waals surface area contributed by atoms with Crippen molar-refractivity contribution in [2.45, 2.75) is 23.8 Å². The number of anilines is 1. The number of nitrogens with one attached hydrogen (secondary N) is 2. The second kappa shape index (κ2) is 7.67. The highest BCUT2D eigenvalue weighted by Crippen LogP contribution is 2.16. The van der Waals surface area contributed by atoms with Gasteiger partial charge in [-0.3, -0.25) is 9.52 Å². The van der Waals surface area contributed by atoms with E-state index in [1.807, 2.05) is 6.07 Å². The minimum atomic E-state index is -3.68. The molecule has 0 aliphatic carbocycles. The normalized spacial score (nSPS) is 17.2. The van der Waals surface area contributed by atoms with Crippen LogP contribution in [-0.4, -0.2) is 33.6 Å². The molecule has 0 bridgehead atoms. The molecule has 1 fully saturated rings. The first kappa shape index (κ1) is 17.4. The summed E-state index contributed by atoms with van der Waals surface area (Å²) in [5.74, 6) is -0.240. The molecule has 2 aromatic carbocycles. The Hall–Kier alpha value is -2.38. The topological polar surface area (TPSA) is 84.5 Å². The molecule has 0 spiro atoms. The Morgan fingerprint density at radius 3 is 2.44 bits per heavy atom. The summed E-state index contributed by atoms with van der Waals surface area (Å²) < 4.78 is 32.7. The summed E-state index contributed by atoms with van der Waals surface area (Å²) in [4.78, 5) is 12.2. The van der Waals surface area contributed by atoms with Gasteiger partial charge in [-0.05, 0) is 49.2 Å². The number of amides is 1. The zero-order valence-corrected chi connectivity index (χ0v) is 14.5. The monoisotopic (exact) mass is 360 g/mol. The standard InChI is InChI=1S/C18H20N2O4S/c21-18(19-13-16-7-4-12-24-16)14-8-10-17(11-9-14)25(22,23)20-15-5-2-1-3-6-15/h1-3,5-6,8-11,16,20H,4,7,12-13H2,(H,19,21)/t16-/m1/s1. The van der Waals surface area contributed by atoms with E-state index in [-0.39, 0.29) is 16.9 Å². The van der Waals surface area contributed by atoms with Gasteiger partial charge in [-0.2, -0.15) is 0 Å². The van der Waals surface area contributed by atoms with Gasteiger partial charge in [0.2, 0.25) is 0 Å². The molecule has 1 aliphatic heterocycles. The van der Waals surface area contributed by atoms with Gasteiger partial charge in [0.25, 0.3) is 15.9 Å². The Kier molecular flexibility index (Phi) is 5.35. The second-order valence-corrected chi connectivity index (χ2v) is 7.52. The van der Waals surface area contributed by atoms with Gasteiger partial charge >= 0.3 is 0 Å². The first-order valence-corrected chi connectivity index (χ1v) is 9.61. The van der Waals surface area contributed by atoms with E-state index in [0.717, 1.165) is 19.4 Å². The van der Waals surface area contributed by atoms with E-state index < -0.39 is 10.0 Å². The maximum Gasteiger partial charge on any atom is 0.261 e. The van der Waals surface area contributed by atoms with Gasteiger partial charge in [0.15, 0.2) is 0 Å². The molecule has 3 rings (SSSR count). The molecule has 0 unspecified atom stereocenters. The molecule has 0 aromatic heterocycles. The van der Waals surface area contributed by atoms with Crippen molar-refractivity contribution in [3.63, 3.8) is 0 Å². The molecule has 1 saturated heterocycles. The third kappa shape index (κ3) is 4.58. The van der Waals surface area contributed by atoms with Crippen molar-refractivity contribution in [3.05, 3.63) is 60.2 Å². The summed E-state index contributed by atoms with van der Waals surface area (Å²) in [7, 11) is -3.68. The number of carbonyl (C=O) groups is 1. The fraction of sp³-hybridized carbons (Fsp3) is 0.278. The molecule has 7 heteroatoms. The van der Waals surface area contributed by atoms with Crippen LogP contribution in [0.4, 0.5) is 5.69 Å². The van der Waals surface area contributed by atoms with E-state index in [0.29, 0.717) is 17.8 Å². The van der Waals surface area contributed by atoms with Crippen LogP contribution in [0.1, 0.15) is 23.2 Å². The molecule has 2 N–H and O–H groups in total. The van der Waals surface area contributed by atoms with Crippen molar-refractivity contribution in [2.75, 3.05) is 17.9 Å². The highest BCUT2D eigenvalue weighted by molar-refractivity contribution is 7.92. The number of sulfonamides is 1. The van der Waals surface area contributed by atoms with Crippen LogP contribution in [-0.2, 0) is 14.8 Å². The van der Waals surface area contributed by atoms with Crippen LogP contribution in [0.5, 0.6) is 0 Å². The van der Waals surface area contributed by atoms with E-state index in [1.165, 1.54) is 24.3 Å². The highest BCUT2D eigenvalue weighted by Gasteiger charge is 2.18. The Labute approximate surface area is 147 Å². The van der Waals surface area contributed by atoms with Gasteiger partial charge in [-0.15, -0.1) is 0 Å². The first-order valence-electron chi connectivity index (χ1n) is 8.12. The Morgan fingerprint density at radius 1 is 1.08 bits per heavy atom. The van der Waals surface area contributed by atoms with Gasteiger partial charge in [-0.25, -0.2) is 8.42 Å². The van der Waals surface area contributed by atoms with Gasteiger partial charge < -0.3 is 10.1 Å². The fourth-order valence-corrected chi connectivity index (χ4v) is 3.68. The minimum Gasteiger partial charge on any atom is -0.376 e. The number of rotatable bonds is 6. The Bertz CT molecular complexity index is 814. The van der Waals surface area contributed by atoms with Gasteiger partial charge in [0, 0.05) is 24.4 Å². The number of hydrogen-bond donors (Lipinski definition) is 2. The van der Waals surface area contributed by atoms with E-state index >= 15 is 0 Å². The number of carbonyl (C=O) groups excluding carboxylic acids is 1. The molecule has 0 radical (unpaired) electrons. The molecule has 1 atom stereocenters. The van der Waals surface area contributed by atoms with E-state index in [9.17, 15) is 13.2 Å². The predicted octanol–water partition coefficient (Wildman–Crippen LogP) is 2.40. The zero-order chi connectivity index (χ0) is 17.7. The predicted molar refractivity (Wildman–Crippen MR) is 95.0 cm³/mol. The van der Waals surface area contributed by atoms with Crippen LogP contribution in [0.3, 0.4) is 0 Å². The molecule has 25 heavy (non-hydrogen) atoms. The molecule has 1 heterocycles. The lowest BCUT2D eigenvalue weighted by atomic mass is 10.2. The SMILES string of the molecule is O=C(NC[C@H]1CCCO1)c1ccc(S(=O)(=O)Nc2ccccc2)cc1. The molecule has 2 aromatic rings. The summed E-state index contributed by atoms with van der Waals surface area (Å²) >= 11 is 0. The smallest absolute Gasteiger partial charge is 0.261 e. The number of para-hydroxylation sites is 1. The third-order valence-electron chi connectivity index (χ3n) is 3.97. The Morgan fingerprint density at radius 2 is 1.80 bits per heavy atom. The van der Waals surface area contributed by atoms with Crippen LogP contribution in [0.25, 0.3) is 0 Å². The van der Waals surface area contributed by atoms with Gasteiger partial charge in [0.05, 0.1) is 11.0 Å². The number of benzene rings is 2. The average molecular weight is 360 g/mol. The Balaban J connectivity index is 1.63. The molecule has 1 aliphatic rings. The average Bonchev–Trinajstić information content (AvgIpc) is 3.14. The maximum absolute atomic E-state index is 12.4. The van der Waals surface area contributed by atoms with Crippen molar-refractivity contribution < 1.29 is 17.9 Å². The molecular formula is C18H20N2O4S. The quantitative estimate of drug-likeness (QED) is 0.828. The zero-order valence-electron chi connectivity index (χ0n) is 13.6. The van der Waals surface area contributed by atoms with Crippen LogP contribution in [0, 0.1) is 0 Å². The van der Waals surface area contributed by atoms with E-state index in [1.54, 1.807) is 24.3 Å². The van der Waals surface area contributed by atoms with Crippen molar-refractivity contribution in [3.8, 4) is 0 Å². The molecule has 1 amide bonds. The number of ether oxygens (including phenoxy) is 1. The largest absolute Gasteiger partial charge is 0.376 e. The van der Waals surface area contributed by atoms with Crippen LogP contribution in [0.2, 0.25) is 0 Å². The van der Waals surface area contributed by atoms with Gasteiger partial charge in [0.1, 0.15) is 0 Å². The summed E-state index contributed by atoms with van der Waals surface area (Å²) in [5.41, 5.74) is 0.901. The lowest BCUT2D eigenvalue weighted by molar-refractivity contribution is 0.0857. The van der Waals surface area contributed by atoms with E-state index in [2.05, 4.69) is 10.0 Å². The first-order chi connectivity index (χ1) is 12.0. The van der Waals surface area contributed by atoms with Crippen molar-refractivity contribution in [1.29, 1.82) is 0 Å². The number of hydrogen-bond acceptors (Lipinski definition) is 4. The molecule has 0 saturated carbocycles. The third-order valence-corrected chi connectivity index (χ3v) is 5.36. The van der Waals surface area contributed by atoms with Crippen molar-refractivity contribution in [1.82, 2.24) is 5.32 Å². The van der Waals surface area contributed by atoms with Crippen molar-refractivity contribution in [2.24, 2.45) is 0 Å². The molecule has 6 nitrogen and oxygen atoms in total. The lowest BCUT2D eigenvalue weighted by Gasteiger charge is -2.11. The lowest BCUT2D eigenvalue weighted by Crippen LogP contribution is -2.31. The molecule has 132 valence electrons. The summed E-state index contributed by atoms with van der Waals surface area (Å²) in [6.07, 6.45) is 2.03. The second-order valence-electron chi connectivity index (χ2n) is 5.84. The van der Waals surface area contributed by atoms with Crippen molar-refractivity contribution >= 4 is 21.6 Å². The van der Waals surface area contributed by atoms with Gasteiger partial charge in [-0.1, -0.05) is 18.2 Å². The van der Waals surface area contributed by atoms with E-state index in [4.69, 9.17) is 4.74 Å². The minimum absolute atomic E-state index is 0.0682.